The summed E-state index contributed by atoms with van der Waals surface area (Å²) >= 11 is 0. The molecule has 1 heterocycles. The highest BCUT2D eigenvalue weighted by Crippen LogP contribution is 2.38. The van der Waals surface area contributed by atoms with Gasteiger partial charge in [-0.05, 0) is 12.5 Å². The first-order valence-electron chi connectivity index (χ1n) is 5.72. The van der Waals surface area contributed by atoms with Gasteiger partial charge in [0.2, 0.25) is 0 Å². The van der Waals surface area contributed by atoms with Crippen LogP contribution in [0.25, 0.3) is 0 Å². The lowest BCUT2D eigenvalue weighted by Crippen LogP contribution is -2.69. The highest BCUT2D eigenvalue weighted by molar-refractivity contribution is 5.85. The second kappa shape index (κ2) is 4.42. The van der Waals surface area contributed by atoms with Gasteiger partial charge in [-0.25, -0.2) is 0 Å². The number of benzene rings is 1. The Morgan fingerprint density at radius 3 is 2.44 bits per heavy atom. The fourth-order valence-electron chi connectivity index (χ4n) is 2.33. The number of carboxylic acid groups (broad SMARTS) is 2. The van der Waals surface area contributed by atoms with Crippen molar-refractivity contribution in [3.8, 4) is 0 Å². The zero-order valence-electron chi connectivity index (χ0n) is 10.0. The van der Waals surface area contributed by atoms with Crippen molar-refractivity contribution in [3.05, 3.63) is 35.9 Å². The van der Waals surface area contributed by atoms with E-state index >= 15 is 0 Å². The fourth-order valence-corrected chi connectivity index (χ4v) is 2.33. The van der Waals surface area contributed by atoms with Crippen molar-refractivity contribution in [3.63, 3.8) is 0 Å². The predicted molar refractivity (Wildman–Crippen MR) is 64.1 cm³/mol. The molecule has 1 saturated heterocycles. The van der Waals surface area contributed by atoms with E-state index in [0.29, 0.717) is 6.54 Å². The Morgan fingerprint density at radius 2 is 1.94 bits per heavy atom. The summed E-state index contributed by atoms with van der Waals surface area (Å²) in [6, 6.07) is 8.57. The van der Waals surface area contributed by atoms with Gasteiger partial charge in [0.1, 0.15) is 11.6 Å². The van der Waals surface area contributed by atoms with E-state index < -0.39 is 23.5 Å². The second-order valence-corrected chi connectivity index (χ2v) is 4.75. The molecule has 18 heavy (non-hydrogen) atoms. The Labute approximate surface area is 105 Å². The lowest BCUT2D eigenvalue weighted by atomic mass is 9.79. The normalized spacial score (nSPS) is 27.5. The number of nitrogens with zero attached hydrogens (tertiary/aromatic N) is 1. The van der Waals surface area contributed by atoms with Crippen LogP contribution in [0.5, 0.6) is 0 Å². The van der Waals surface area contributed by atoms with E-state index in [4.69, 9.17) is 5.11 Å². The quantitative estimate of drug-likeness (QED) is 0.838. The van der Waals surface area contributed by atoms with Crippen molar-refractivity contribution in [2.75, 3.05) is 0 Å². The largest absolute Gasteiger partial charge is 0.480 e. The summed E-state index contributed by atoms with van der Waals surface area (Å²) in [6.07, 6.45) is 0.143. The molecule has 5 heteroatoms. The number of carboxylic acids is 2. The standard InChI is InChI=1S/C13H15NO4/c1-13(12(17)18)7-10(11(15)16)14(13)8-9-5-3-2-4-6-9/h2-6,10H,7-8H2,1H3,(H,15,16)(H,17,18)/t10-,13-/m0/s1. The van der Waals surface area contributed by atoms with Gasteiger partial charge in [-0.3, -0.25) is 14.5 Å². The maximum absolute atomic E-state index is 11.2. The Bertz CT molecular complexity index is 473. The van der Waals surface area contributed by atoms with Gasteiger partial charge < -0.3 is 10.2 Å². The molecule has 0 amide bonds. The third-order valence-electron chi connectivity index (χ3n) is 3.54. The summed E-state index contributed by atoms with van der Waals surface area (Å²) in [4.78, 5) is 23.8. The highest BCUT2D eigenvalue weighted by atomic mass is 16.4. The van der Waals surface area contributed by atoms with Gasteiger partial charge in [0.15, 0.2) is 0 Å². The van der Waals surface area contributed by atoms with Crippen LogP contribution in [0.3, 0.4) is 0 Å². The highest BCUT2D eigenvalue weighted by Gasteiger charge is 2.56. The van der Waals surface area contributed by atoms with E-state index in [1.807, 2.05) is 30.3 Å². The van der Waals surface area contributed by atoms with E-state index in [2.05, 4.69) is 0 Å². The number of hydrogen-bond donors (Lipinski definition) is 2. The second-order valence-electron chi connectivity index (χ2n) is 4.75. The van der Waals surface area contributed by atoms with Crippen LogP contribution in [-0.4, -0.2) is 38.6 Å². The molecule has 0 saturated carbocycles. The van der Waals surface area contributed by atoms with Crippen molar-refractivity contribution in [2.24, 2.45) is 0 Å². The average Bonchev–Trinajstić information content (AvgIpc) is 2.33. The van der Waals surface area contributed by atoms with E-state index in [-0.39, 0.29) is 6.42 Å². The third-order valence-corrected chi connectivity index (χ3v) is 3.54. The van der Waals surface area contributed by atoms with Crippen LogP contribution in [0.1, 0.15) is 18.9 Å². The maximum Gasteiger partial charge on any atom is 0.323 e. The van der Waals surface area contributed by atoms with E-state index in [0.717, 1.165) is 5.56 Å². The molecular weight excluding hydrogens is 234 g/mol. The van der Waals surface area contributed by atoms with Gasteiger partial charge in [-0.15, -0.1) is 0 Å². The van der Waals surface area contributed by atoms with Crippen LogP contribution in [0, 0.1) is 0 Å². The van der Waals surface area contributed by atoms with Crippen LogP contribution >= 0.6 is 0 Å². The molecule has 2 N–H and O–H groups in total. The maximum atomic E-state index is 11.2. The first-order chi connectivity index (χ1) is 8.45. The minimum atomic E-state index is -1.08. The SMILES string of the molecule is C[C@@]1(C(=O)O)C[C@@H](C(=O)O)N1Cc1ccccc1. The summed E-state index contributed by atoms with van der Waals surface area (Å²) < 4.78 is 0. The van der Waals surface area contributed by atoms with Crippen LogP contribution in [-0.2, 0) is 16.1 Å². The molecule has 5 nitrogen and oxygen atoms in total. The molecule has 1 aromatic carbocycles. The molecule has 0 spiro atoms. The van der Waals surface area contributed by atoms with Crippen molar-refractivity contribution in [2.45, 2.75) is 31.5 Å². The van der Waals surface area contributed by atoms with Gasteiger partial charge in [-0.2, -0.15) is 0 Å². The summed E-state index contributed by atoms with van der Waals surface area (Å²) in [5, 5.41) is 18.3. The lowest BCUT2D eigenvalue weighted by Gasteiger charge is -2.51. The Morgan fingerprint density at radius 1 is 1.33 bits per heavy atom. The number of hydrogen-bond acceptors (Lipinski definition) is 3. The number of aliphatic carboxylic acids is 2. The first-order valence-corrected chi connectivity index (χ1v) is 5.72. The van der Waals surface area contributed by atoms with Gasteiger partial charge in [0.25, 0.3) is 0 Å². The van der Waals surface area contributed by atoms with Crippen molar-refractivity contribution in [1.82, 2.24) is 4.90 Å². The summed E-state index contributed by atoms with van der Waals surface area (Å²) in [5.41, 5.74) is -0.172. The van der Waals surface area contributed by atoms with Gasteiger partial charge >= 0.3 is 11.9 Å². The molecule has 0 aliphatic carbocycles. The van der Waals surface area contributed by atoms with Crippen LogP contribution in [0.2, 0.25) is 0 Å². The molecule has 96 valence electrons. The molecule has 1 aliphatic heterocycles. The minimum absolute atomic E-state index is 0.143. The molecule has 1 aliphatic rings. The smallest absolute Gasteiger partial charge is 0.323 e. The zero-order chi connectivity index (χ0) is 13.3. The first kappa shape index (κ1) is 12.6. The lowest BCUT2D eigenvalue weighted by molar-refractivity contribution is -0.178. The number of carbonyl (C=O) groups is 2. The fraction of sp³-hybridized carbons (Fsp3) is 0.385. The molecule has 2 rings (SSSR count). The molecular formula is C13H15NO4. The third kappa shape index (κ3) is 1.97. The van der Waals surface area contributed by atoms with Crippen LogP contribution in [0.15, 0.2) is 30.3 Å². The minimum Gasteiger partial charge on any atom is -0.480 e. The van der Waals surface area contributed by atoms with E-state index in [1.54, 1.807) is 6.92 Å². The van der Waals surface area contributed by atoms with Crippen LogP contribution in [0.4, 0.5) is 0 Å². The predicted octanol–water partition coefficient (Wildman–Crippen LogP) is 1.19. The molecule has 0 bridgehead atoms. The van der Waals surface area contributed by atoms with E-state index in [1.165, 1.54) is 4.90 Å². The Balaban J connectivity index is 2.20. The number of likely N-dealkylation sites (tertiary alicyclic amines) is 1. The topological polar surface area (TPSA) is 77.8 Å². The summed E-state index contributed by atoms with van der Waals surface area (Å²) in [6.45, 7) is 1.90. The molecule has 0 radical (unpaired) electrons. The molecule has 0 unspecified atom stereocenters. The summed E-state index contributed by atoms with van der Waals surface area (Å²) in [7, 11) is 0. The zero-order valence-corrected chi connectivity index (χ0v) is 10.0. The van der Waals surface area contributed by atoms with Crippen molar-refractivity contribution >= 4 is 11.9 Å². The molecule has 0 aromatic heterocycles. The average molecular weight is 249 g/mol. The van der Waals surface area contributed by atoms with Crippen LogP contribution < -0.4 is 0 Å². The van der Waals surface area contributed by atoms with Gasteiger partial charge in [0, 0.05) is 13.0 Å². The van der Waals surface area contributed by atoms with E-state index in [9.17, 15) is 14.7 Å². The summed E-state index contributed by atoms with van der Waals surface area (Å²) in [5.74, 6) is -1.94. The van der Waals surface area contributed by atoms with Crippen molar-refractivity contribution < 1.29 is 19.8 Å². The van der Waals surface area contributed by atoms with Gasteiger partial charge in [0.05, 0.1) is 0 Å². The molecule has 1 aromatic rings. The Kier molecular flexibility index (Phi) is 3.09. The molecule has 1 fully saturated rings. The molecule has 2 atom stereocenters. The number of rotatable bonds is 4. The monoisotopic (exact) mass is 249 g/mol. The van der Waals surface area contributed by atoms with Gasteiger partial charge in [-0.1, -0.05) is 30.3 Å². The van der Waals surface area contributed by atoms with Crippen molar-refractivity contribution in [1.29, 1.82) is 0 Å². The Hall–Kier alpha value is -1.88.